The van der Waals surface area contributed by atoms with E-state index in [1.807, 2.05) is 18.2 Å². The van der Waals surface area contributed by atoms with E-state index in [0.29, 0.717) is 18.4 Å². The summed E-state index contributed by atoms with van der Waals surface area (Å²) in [6.45, 7) is 5.81. The molecule has 1 saturated heterocycles. The highest BCUT2D eigenvalue weighted by molar-refractivity contribution is 5.17. The lowest BCUT2D eigenvalue weighted by molar-refractivity contribution is -0.00762. The van der Waals surface area contributed by atoms with Crippen molar-refractivity contribution >= 4 is 0 Å². The second-order valence-electron chi connectivity index (χ2n) is 6.49. The Kier molecular flexibility index (Phi) is 6.38. The number of rotatable bonds is 8. The van der Waals surface area contributed by atoms with Crippen molar-refractivity contribution in [1.29, 1.82) is 0 Å². The Morgan fingerprint density at radius 2 is 2.08 bits per heavy atom. The molecule has 0 aliphatic carbocycles. The largest absolute Gasteiger partial charge is 0.377 e. The van der Waals surface area contributed by atoms with Crippen LogP contribution in [0.1, 0.15) is 49.9 Å². The summed E-state index contributed by atoms with van der Waals surface area (Å²) < 4.78 is 11.3. The molecule has 0 radical (unpaired) electrons. The van der Waals surface area contributed by atoms with Crippen LogP contribution in [-0.4, -0.2) is 40.8 Å². The van der Waals surface area contributed by atoms with Crippen LogP contribution in [0.2, 0.25) is 0 Å². The van der Waals surface area contributed by atoms with Crippen LogP contribution in [0.5, 0.6) is 0 Å². The molecule has 2 aromatic rings. The third-order valence-corrected chi connectivity index (χ3v) is 4.35. The summed E-state index contributed by atoms with van der Waals surface area (Å²) in [5.41, 5.74) is 1.19. The molecule has 0 spiro atoms. The third kappa shape index (κ3) is 5.14. The molecular weight excluding hydrogens is 302 g/mol. The first kappa shape index (κ1) is 17.1. The topological polar surface area (TPSA) is 51.4 Å². The van der Waals surface area contributed by atoms with Gasteiger partial charge in [0.1, 0.15) is 0 Å². The predicted molar refractivity (Wildman–Crippen MR) is 92.7 cm³/mol. The van der Waals surface area contributed by atoms with E-state index in [1.165, 1.54) is 18.4 Å². The molecule has 1 atom stereocenters. The van der Waals surface area contributed by atoms with E-state index in [0.717, 1.165) is 44.9 Å². The quantitative estimate of drug-likeness (QED) is 0.742. The molecule has 0 amide bonds. The predicted octanol–water partition coefficient (Wildman–Crippen LogP) is 3.44. The Morgan fingerprint density at radius 1 is 1.21 bits per heavy atom. The lowest BCUT2D eigenvalue weighted by atomic mass is 10.1. The van der Waals surface area contributed by atoms with Crippen molar-refractivity contribution in [1.82, 2.24) is 15.0 Å². The van der Waals surface area contributed by atoms with Gasteiger partial charge < -0.3 is 9.26 Å². The molecule has 3 rings (SSSR count). The van der Waals surface area contributed by atoms with Crippen molar-refractivity contribution in [2.24, 2.45) is 0 Å². The lowest BCUT2D eigenvalue weighted by Gasteiger charge is -2.28. The summed E-state index contributed by atoms with van der Waals surface area (Å²) >= 11 is 0. The van der Waals surface area contributed by atoms with E-state index in [9.17, 15) is 0 Å². The maximum absolute atomic E-state index is 5.87. The van der Waals surface area contributed by atoms with E-state index in [2.05, 4.69) is 34.1 Å². The van der Waals surface area contributed by atoms with Gasteiger partial charge in [-0.2, -0.15) is 4.98 Å². The molecule has 0 N–H and O–H groups in total. The van der Waals surface area contributed by atoms with E-state index in [4.69, 9.17) is 9.26 Å². The molecule has 1 fully saturated rings. The van der Waals surface area contributed by atoms with E-state index >= 15 is 0 Å². The van der Waals surface area contributed by atoms with Gasteiger partial charge in [-0.3, -0.25) is 4.90 Å². The molecule has 1 unspecified atom stereocenters. The summed E-state index contributed by atoms with van der Waals surface area (Å²) in [4.78, 5) is 6.94. The van der Waals surface area contributed by atoms with Gasteiger partial charge in [0.25, 0.3) is 0 Å². The third-order valence-electron chi connectivity index (χ3n) is 4.35. The number of aromatic nitrogens is 2. The van der Waals surface area contributed by atoms with E-state index in [1.54, 1.807) is 0 Å². The molecule has 0 saturated carbocycles. The fraction of sp³-hybridized carbons (Fsp3) is 0.579. The highest BCUT2D eigenvalue weighted by Crippen LogP contribution is 2.15. The van der Waals surface area contributed by atoms with Gasteiger partial charge in [-0.25, -0.2) is 0 Å². The molecule has 5 heteroatoms. The molecule has 2 heterocycles. The van der Waals surface area contributed by atoms with E-state index < -0.39 is 0 Å². The van der Waals surface area contributed by atoms with Gasteiger partial charge >= 0.3 is 0 Å². The molecule has 24 heavy (non-hydrogen) atoms. The first-order valence-electron chi connectivity index (χ1n) is 9.03. The zero-order valence-electron chi connectivity index (χ0n) is 14.5. The second-order valence-corrected chi connectivity index (χ2v) is 6.49. The Bertz CT molecular complexity index is 594. The van der Waals surface area contributed by atoms with Crippen molar-refractivity contribution in [2.75, 3.05) is 19.7 Å². The standard InChI is InChI=1S/C19H27N3O2/c1-2-11-22(14-17-10-6-7-12-23-17)15-18-20-19(24-21-18)13-16-8-4-3-5-9-16/h3-5,8-9,17H,2,6-7,10-15H2,1H3. The van der Waals surface area contributed by atoms with Gasteiger partial charge in [0.15, 0.2) is 5.82 Å². The molecule has 5 nitrogen and oxygen atoms in total. The average molecular weight is 329 g/mol. The number of nitrogens with zero attached hydrogens (tertiary/aromatic N) is 3. The number of ether oxygens (including phenoxy) is 1. The summed E-state index contributed by atoms with van der Waals surface area (Å²) in [5, 5.41) is 4.16. The summed E-state index contributed by atoms with van der Waals surface area (Å²) in [6, 6.07) is 10.2. The lowest BCUT2D eigenvalue weighted by Crippen LogP contribution is -2.36. The average Bonchev–Trinajstić information content (AvgIpc) is 3.04. The minimum absolute atomic E-state index is 0.348. The maximum atomic E-state index is 5.87. The van der Waals surface area contributed by atoms with Crippen molar-refractivity contribution in [3.05, 3.63) is 47.6 Å². The summed E-state index contributed by atoms with van der Waals surface area (Å²) in [5.74, 6) is 1.45. The fourth-order valence-electron chi connectivity index (χ4n) is 3.19. The van der Waals surface area contributed by atoms with Crippen LogP contribution >= 0.6 is 0 Å². The Balaban J connectivity index is 1.56. The molecule has 130 valence electrons. The van der Waals surface area contributed by atoms with Gasteiger partial charge in [0.05, 0.1) is 19.1 Å². The van der Waals surface area contributed by atoms with Crippen LogP contribution in [0.3, 0.4) is 0 Å². The maximum Gasteiger partial charge on any atom is 0.231 e. The normalized spacial score (nSPS) is 18.2. The molecule has 1 aromatic heterocycles. The molecule has 1 aromatic carbocycles. The van der Waals surface area contributed by atoms with Crippen molar-refractivity contribution < 1.29 is 9.26 Å². The Morgan fingerprint density at radius 3 is 2.83 bits per heavy atom. The zero-order valence-corrected chi connectivity index (χ0v) is 14.5. The van der Waals surface area contributed by atoms with Gasteiger partial charge in [-0.1, -0.05) is 42.4 Å². The van der Waals surface area contributed by atoms with E-state index in [-0.39, 0.29) is 0 Å². The minimum atomic E-state index is 0.348. The summed E-state index contributed by atoms with van der Waals surface area (Å²) in [6.07, 6.45) is 5.77. The van der Waals surface area contributed by atoms with Crippen molar-refractivity contribution in [2.45, 2.75) is 51.7 Å². The van der Waals surface area contributed by atoms with Crippen molar-refractivity contribution in [3.8, 4) is 0 Å². The van der Waals surface area contributed by atoms with Crippen LogP contribution in [-0.2, 0) is 17.7 Å². The van der Waals surface area contributed by atoms with Crippen molar-refractivity contribution in [3.63, 3.8) is 0 Å². The number of hydrogen-bond donors (Lipinski definition) is 0. The van der Waals surface area contributed by atoms with Gasteiger partial charge in [0, 0.05) is 13.2 Å². The molecular formula is C19H27N3O2. The second kappa shape index (κ2) is 8.94. The van der Waals surface area contributed by atoms with Gasteiger partial charge in [-0.05, 0) is 37.8 Å². The van der Waals surface area contributed by atoms with Crippen LogP contribution in [0.25, 0.3) is 0 Å². The Hall–Kier alpha value is -1.72. The first-order valence-corrected chi connectivity index (χ1v) is 9.03. The number of hydrogen-bond acceptors (Lipinski definition) is 5. The SMILES string of the molecule is CCCN(Cc1noc(Cc2ccccc2)n1)CC1CCCCO1. The Labute approximate surface area is 144 Å². The monoisotopic (exact) mass is 329 g/mol. The van der Waals surface area contributed by atoms with Crippen LogP contribution in [0.15, 0.2) is 34.9 Å². The van der Waals surface area contributed by atoms with Crippen LogP contribution in [0, 0.1) is 0 Å². The van der Waals surface area contributed by atoms with Gasteiger partial charge in [0.2, 0.25) is 5.89 Å². The molecule has 0 bridgehead atoms. The smallest absolute Gasteiger partial charge is 0.231 e. The highest BCUT2D eigenvalue weighted by atomic mass is 16.5. The number of benzene rings is 1. The minimum Gasteiger partial charge on any atom is -0.377 e. The first-order chi connectivity index (χ1) is 11.8. The summed E-state index contributed by atoms with van der Waals surface area (Å²) in [7, 11) is 0. The highest BCUT2D eigenvalue weighted by Gasteiger charge is 2.19. The van der Waals surface area contributed by atoms with Crippen LogP contribution in [0.4, 0.5) is 0 Å². The fourth-order valence-corrected chi connectivity index (χ4v) is 3.19. The molecule has 1 aliphatic heterocycles. The molecule has 1 aliphatic rings. The zero-order chi connectivity index (χ0) is 16.6. The van der Waals surface area contributed by atoms with Gasteiger partial charge in [-0.15, -0.1) is 0 Å². The van der Waals surface area contributed by atoms with Crippen LogP contribution < -0.4 is 0 Å².